The SMILES string of the molecule is C=C(c1cccc(C)c1Br)c1nccn1Cc1ccccc1. The minimum Gasteiger partial charge on any atom is -0.327 e. The lowest BCUT2D eigenvalue weighted by molar-refractivity contribution is 0.783. The molecular formula is C19H17BrN2. The van der Waals surface area contributed by atoms with Gasteiger partial charge in [-0.2, -0.15) is 0 Å². The first-order chi connectivity index (χ1) is 10.7. The molecule has 1 aromatic heterocycles. The molecule has 0 aliphatic carbocycles. The van der Waals surface area contributed by atoms with E-state index >= 15 is 0 Å². The maximum atomic E-state index is 4.50. The van der Waals surface area contributed by atoms with Crippen molar-refractivity contribution in [1.29, 1.82) is 0 Å². The molecule has 3 heteroatoms. The Morgan fingerprint density at radius 2 is 1.91 bits per heavy atom. The highest BCUT2D eigenvalue weighted by Gasteiger charge is 2.13. The summed E-state index contributed by atoms with van der Waals surface area (Å²) in [6.07, 6.45) is 3.82. The average Bonchev–Trinajstić information content (AvgIpc) is 2.98. The van der Waals surface area contributed by atoms with E-state index in [9.17, 15) is 0 Å². The molecule has 0 aliphatic heterocycles. The number of nitrogens with zero attached hydrogens (tertiary/aromatic N) is 2. The molecule has 2 nitrogen and oxygen atoms in total. The predicted octanol–water partition coefficient (Wildman–Crippen LogP) is 5.06. The van der Waals surface area contributed by atoms with E-state index in [-0.39, 0.29) is 0 Å². The normalized spacial score (nSPS) is 10.6. The van der Waals surface area contributed by atoms with Gasteiger partial charge in [0, 0.05) is 29.0 Å². The number of aromatic nitrogens is 2. The molecule has 3 rings (SSSR count). The number of rotatable bonds is 4. The molecule has 0 fully saturated rings. The quantitative estimate of drug-likeness (QED) is 0.641. The summed E-state index contributed by atoms with van der Waals surface area (Å²) in [4.78, 5) is 4.50. The molecule has 0 atom stereocenters. The largest absolute Gasteiger partial charge is 0.327 e. The maximum absolute atomic E-state index is 4.50. The van der Waals surface area contributed by atoms with Crippen LogP contribution in [0, 0.1) is 6.92 Å². The molecule has 0 N–H and O–H groups in total. The van der Waals surface area contributed by atoms with E-state index < -0.39 is 0 Å². The zero-order valence-corrected chi connectivity index (χ0v) is 14.0. The number of aryl methyl sites for hydroxylation is 1. The van der Waals surface area contributed by atoms with Gasteiger partial charge in [-0.1, -0.05) is 55.1 Å². The van der Waals surface area contributed by atoms with Crippen molar-refractivity contribution in [3.05, 3.63) is 94.5 Å². The topological polar surface area (TPSA) is 17.8 Å². The molecule has 0 bridgehead atoms. The number of hydrogen-bond acceptors (Lipinski definition) is 1. The lowest BCUT2D eigenvalue weighted by Crippen LogP contribution is -2.04. The summed E-state index contributed by atoms with van der Waals surface area (Å²) in [5.74, 6) is 0.898. The van der Waals surface area contributed by atoms with Crippen molar-refractivity contribution >= 4 is 21.5 Å². The fourth-order valence-electron chi connectivity index (χ4n) is 2.49. The van der Waals surface area contributed by atoms with Crippen LogP contribution < -0.4 is 0 Å². The minimum atomic E-state index is 0.790. The Morgan fingerprint density at radius 1 is 1.14 bits per heavy atom. The van der Waals surface area contributed by atoms with E-state index in [1.165, 1.54) is 11.1 Å². The fourth-order valence-corrected chi connectivity index (χ4v) is 2.99. The van der Waals surface area contributed by atoms with Crippen molar-refractivity contribution in [2.24, 2.45) is 0 Å². The molecule has 22 heavy (non-hydrogen) atoms. The van der Waals surface area contributed by atoms with E-state index in [1.54, 1.807) is 0 Å². The van der Waals surface area contributed by atoms with Gasteiger partial charge < -0.3 is 4.57 Å². The molecule has 3 aromatic rings. The third-order valence-corrected chi connectivity index (χ3v) is 4.75. The Morgan fingerprint density at radius 3 is 2.68 bits per heavy atom. The van der Waals surface area contributed by atoms with E-state index in [1.807, 2.05) is 24.5 Å². The summed E-state index contributed by atoms with van der Waals surface area (Å²) >= 11 is 3.66. The standard InChI is InChI=1S/C19H17BrN2/c1-14-7-6-10-17(18(14)20)15(2)19-21-11-12-22(19)13-16-8-4-3-5-9-16/h3-12H,2,13H2,1H3. The van der Waals surface area contributed by atoms with Crippen molar-refractivity contribution in [3.63, 3.8) is 0 Å². The number of hydrogen-bond donors (Lipinski definition) is 0. The van der Waals surface area contributed by atoms with Crippen molar-refractivity contribution in [1.82, 2.24) is 9.55 Å². The molecule has 0 aliphatic rings. The maximum Gasteiger partial charge on any atom is 0.140 e. The molecule has 0 radical (unpaired) electrons. The third kappa shape index (κ3) is 2.90. The molecule has 0 unspecified atom stereocenters. The van der Waals surface area contributed by atoms with E-state index in [0.717, 1.165) is 28.0 Å². The third-order valence-electron chi connectivity index (χ3n) is 3.70. The van der Waals surface area contributed by atoms with Gasteiger partial charge in [-0.3, -0.25) is 0 Å². The summed E-state index contributed by atoms with van der Waals surface area (Å²) in [5.41, 5.74) is 4.45. The van der Waals surface area contributed by atoms with Crippen LogP contribution in [0.3, 0.4) is 0 Å². The van der Waals surface area contributed by atoms with Crippen LogP contribution in [0.15, 0.2) is 72.0 Å². The summed E-state index contributed by atoms with van der Waals surface area (Å²) in [7, 11) is 0. The van der Waals surface area contributed by atoms with Gasteiger partial charge in [0.1, 0.15) is 5.82 Å². The van der Waals surface area contributed by atoms with Gasteiger partial charge in [0.2, 0.25) is 0 Å². The van der Waals surface area contributed by atoms with Gasteiger partial charge in [-0.05, 0) is 39.5 Å². The Hall–Kier alpha value is -2.13. The van der Waals surface area contributed by atoms with Gasteiger partial charge in [-0.15, -0.1) is 0 Å². The van der Waals surface area contributed by atoms with Crippen LogP contribution in [0.5, 0.6) is 0 Å². The molecule has 1 heterocycles. The van der Waals surface area contributed by atoms with E-state index in [2.05, 4.69) is 75.4 Å². The van der Waals surface area contributed by atoms with Crippen LogP contribution in [0.4, 0.5) is 0 Å². The summed E-state index contributed by atoms with van der Waals surface area (Å²) in [5, 5.41) is 0. The van der Waals surface area contributed by atoms with Gasteiger partial charge in [0.15, 0.2) is 0 Å². The highest BCUT2D eigenvalue weighted by molar-refractivity contribution is 9.10. The Labute approximate surface area is 139 Å². The van der Waals surface area contributed by atoms with Gasteiger partial charge in [0.25, 0.3) is 0 Å². The Balaban J connectivity index is 1.95. The van der Waals surface area contributed by atoms with Crippen molar-refractivity contribution in [3.8, 4) is 0 Å². The fraction of sp³-hybridized carbons (Fsp3) is 0.105. The van der Waals surface area contributed by atoms with E-state index in [4.69, 9.17) is 0 Å². The molecule has 110 valence electrons. The number of imidazole rings is 1. The first-order valence-electron chi connectivity index (χ1n) is 7.16. The van der Waals surface area contributed by atoms with Gasteiger partial charge in [0.05, 0.1) is 0 Å². The summed E-state index contributed by atoms with van der Waals surface area (Å²) in [6, 6.07) is 16.6. The van der Waals surface area contributed by atoms with Crippen LogP contribution >= 0.6 is 15.9 Å². The molecule has 0 amide bonds. The molecule has 0 spiro atoms. The summed E-state index contributed by atoms with van der Waals surface area (Å²) in [6.45, 7) is 7.13. The average molecular weight is 353 g/mol. The van der Waals surface area contributed by atoms with Crippen molar-refractivity contribution < 1.29 is 0 Å². The monoisotopic (exact) mass is 352 g/mol. The highest BCUT2D eigenvalue weighted by Crippen LogP contribution is 2.30. The second-order valence-corrected chi connectivity index (χ2v) is 6.07. The smallest absolute Gasteiger partial charge is 0.140 e. The predicted molar refractivity (Wildman–Crippen MR) is 94.8 cm³/mol. The second kappa shape index (κ2) is 6.32. The highest BCUT2D eigenvalue weighted by atomic mass is 79.9. The Bertz CT molecular complexity index is 803. The van der Waals surface area contributed by atoms with Crippen LogP contribution in [-0.2, 0) is 6.54 Å². The van der Waals surface area contributed by atoms with E-state index in [0.29, 0.717) is 0 Å². The lowest BCUT2D eigenvalue weighted by Gasteiger charge is -2.13. The number of halogens is 1. The molecular weight excluding hydrogens is 336 g/mol. The van der Waals surface area contributed by atoms with Gasteiger partial charge in [-0.25, -0.2) is 4.98 Å². The lowest BCUT2D eigenvalue weighted by atomic mass is 10.0. The minimum absolute atomic E-state index is 0.790. The van der Waals surface area contributed by atoms with Crippen LogP contribution in [0.2, 0.25) is 0 Å². The second-order valence-electron chi connectivity index (χ2n) is 5.28. The summed E-state index contributed by atoms with van der Waals surface area (Å²) < 4.78 is 3.21. The first-order valence-corrected chi connectivity index (χ1v) is 7.96. The molecule has 0 saturated heterocycles. The van der Waals surface area contributed by atoms with Crippen LogP contribution in [0.1, 0.15) is 22.5 Å². The van der Waals surface area contributed by atoms with Crippen LogP contribution in [0.25, 0.3) is 5.57 Å². The van der Waals surface area contributed by atoms with Gasteiger partial charge >= 0.3 is 0 Å². The zero-order valence-electron chi connectivity index (χ0n) is 12.5. The Kier molecular flexibility index (Phi) is 4.25. The molecule has 0 saturated carbocycles. The zero-order chi connectivity index (χ0) is 15.5. The van der Waals surface area contributed by atoms with Crippen molar-refractivity contribution in [2.45, 2.75) is 13.5 Å². The first kappa shape index (κ1) is 14.8. The van der Waals surface area contributed by atoms with Crippen molar-refractivity contribution in [2.75, 3.05) is 0 Å². The molecule has 2 aromatic carbocycles. The number of benzene rings is 2. The van der Waals surface area contributed by atoms with Crippen LogP contribution in [-0.4, -0.2) is 9.55 Å².